The number of benzene rings is 1. The fourth-order valence-corrected chi connectivity index (χ4v) is 1.91. The molecule has 0 heterocycles. The van der Waals surface area contributed by atoms with Gasteiger partial charge < -0.3 is 10.1 Å². The van der Waals surface area contributed by atoms with Crippen LogP contribution in [0, 0.1) is 5.92 Å². The van der Waals surface area contributed by atoms with Gasteiger partial charge in [-0.25, -0.2) is 4.79 Å². The second-order valence-corrected chi connectivity index (χ2v) is 6.12. The highest BCUT2D eigenvalue weighted by Crippen LogP contribution is 2.18. The predicted octanol–water partition coefficient (Wildman–Crippen LogP) is 4.52. The van der Waals surface area contributed by atoms with Crippen LogP contribution in [0.1, 0.15) is 52.5 Å². The molecule has 0 aromatic heterocycles. The first-order chi connectivity index (χ1) is 9.43. The number of carbonyl (C=O) groups is 1. The van der Waals surface area contributed by atoms with Gasteiger partial charge in [0.05, 0.1) is 0 Å². The molecule has 0 radical (unpaired) electrons. The first kappa shape index (κ1) is 16.5. The zero-order valence-corrected chi connectivity index (χ0v) is 13.1. The molecule has 0 aliphatic rings. The molecule has 1 aromatic carbocycles. The van der Waals surface area contributed by atoms with E-state index in [4.69, 9.17) is 4.74 Å². The second-order valence-electron chi connectivity index (χ2n) is 6.12. The van der Waals surface area contributed by atoms with Gasteiger partial charge in [0, 0.05) is 5.54 Å². The molecule has 1 atom stereocenters. The Morgan fingerprint density at radius 1 is 1.30 bits per heavy atom. The number of ether oxygens (including phenoxy) is 1. The van der Waals surface area contributed by atoms with E-state index in [0.29, 0.717) is 12.5 Å². The Labute approximate surface area is 122 Å². The lowest BCUT2D eigenvalue weighted by Crippen LogP contribution is -2.43. The van der Waals surface area contributed by atoms with E-state index in [-0.39, 0.29) is 11.6 Å². The van der Waals surface area contributed by atoms with E-state index in [1.165, 1.54) is 6.42 Å². The largest absolute Gasteiger partial charge is 0.445 e. The molecule has 0 spiro atoms. The highest BCUT2D eigenvalue weighted by Gasteiger charge is 2.21. The van der Waals surface area contributed by atoms with Gasteiger partial charge in [0.15, 0.2) is 0 Å². The molecule has 0 fully saturated rings. The van der Waals surface area contributed by atoms with Crippen molar-refractivity contribution in [2.75, 3.05) is 0 Å². The van der Waals surface area contributed by atoms with Crippen LogP contribution >= 0.6 is 0 Å². The highest BCUT2D eigenvalue weighted by molar-refractivity contribution is 5.68. The summed E-state index contributed by atoms with van der Waals surface area (Å²) in [5, 5.41) is 2.94. The van der Waals surface area contributed by atoms with E-state index in [1.807, 2.05) is 44.2 Å². The topological polar surface area (TPSA) is 38.3 Å². The molecule has 0 bridgehead atoms. The van der Waals surface area contributed by atoms with Crippen molar-refractivity contribution in [2.45, 2.75) is 59.1 Å². The monoisotopic (exact) mass is 277 g/mol. The van der Waals surface area contributed by atoms with Crippen molar-refractivity contribution in [1.82, 2.24) is 5.32 Å². The average Bonchev–Trinajstić information content (AvgIpc) is 2.43. The normalized spacial score (nSPS) is 12.8. The van der Waals surface area contributed by atoms with Crippen LogP contribution in [0.3, 0.4) is 0 Å². The van der Waals surface area contributed by atoms with Crippen LogP contribution in [-0.4, -0.2) is 11.6 Å². The Bertz CT molecular complexity index is 401. The van der Waals surface area contributed by atoms with Gasteiger partial charge in [0.25, 0.3) is 0 Å². The fraction of sp³-hybridized carbons (Fsp3) is 0.588. The van der Waals surface area contributed by atoms with Gasteiger partial charge in [-0.1, -0.05) is 50.6 Å². The van der Waals surface area contributed by atoms with E-state index in [9.17, 15) is 4.79 Å². The summed E-state index contributed by atoms with van der Waals surface area (Å²) in [5.41, 5.74) is 0.775. The quantitative estimate of drug-likeness (QED) is 0.796. The predicted molar refractivity (Wildman–Crippen MR) is 82.5 cm³/mol. The Morgan fingerprint density at radius 3 is 2.55 bits per heavy atom. The maximum Gasteiger partial charge on any atom is 0.407 e. The Morgan fingerprint density at radius 2 is 1.95 bits per heavy atom. The number of hydrogen-bond acceptors (Lipinski definition) is 2. The zero-order chi connectivity index (χ0) is 15.0. The SMILES string of the molecule is CCC(C)CCC(C)(C)NC(=O)OCc1ccccc1. The molecule has 3 heteroatoms. The number of nitrogens with one attached hydrogen (secondary N) is 1. The van der Waals surface area contributed by atoms with Gasteiger partial charge in [-0.2, -0.15) is 0 Å². The van der Waals surface area contributed by atoms with Crippen LogP contribution in [0.5, 0.6) is 0 Å². The molecular formula is C17H27NO2. The van der Waals surface area contributed by atoms with Gasteiger partial charge in [-0.15, -0.1) is 0 Å². The molecule has 0 aliphatic heterocycles. The summed E-state index contributed by atoms with van der Waals surface area (Å²) in [4.78, 5) is 11.8. The summed E-state index contributed by atoms with van der Waals surface area (Å²) in [5.74, 6) is 0.691. The zero-order valence-electron chi connectivity index (χ0n) is 13.1. The third kappa shape index (κ3) is 6.60. The van der Waals surface area contributed by atoms with Crippen molar-refractivity contribution >= 4 is 6.09 Å². The van der Waals surface area contributed by atoms with Crippen LogP contribution < -0.4 is 5.32 Å². The van der Waals surface area contributed by atoms with Crippen molar-refractivity contribution in [3.63, 3.8) is 0 Å². The summed E-state index contributed by atoms with van der Waals surface area (Å²) >= 11 is 0. The second kappa shape index (κ2) is 7.93. The first-order valence-corrected chi connectivity index (χ1v) is 7.42. The van der Waals surface area contributed by atoms with E-state index in [0.717, 1.165) is 18.4 Å². The van der Waals surface area contributed by atoms with Gasteiger partial charge in [0.2, 0.25) is 0 Å². The van der Waals surface area contributed by atoms with Crippen molar-refractivity contribution in [2.24, 2.45) is 5.92 Å². The standard InChI is InChI=1S/C17H27NO2/c1-5-14(2)11-12-17(3,4)18-16(19)20-13-15-9-7-6-8-10-15/h6-10,14H,5,11-13H2,1-4H3,(H,18,19). The van der Waals surface area contributed by atoms with Gasteiger partial charge in [0.1, 0.15) is 6.61 Å². The molecule has 20 heavy (non-hydrogen) atoms. The average molecular weight is 277 g/mol. The summed E-state index contributed by atoms with van der Waals surface area (Å²) in [6.45, 7) is 8.83. The molecule has 1 amide bonds. The first-order valence-electron chi connectivity index (χ1n) is 7.42. The molecule has 1 N–H and O–H groups in total. The van der Waals surface area contributed by atoms with Crippen LogP contribution in [0.15, 0.2) is 30.3 Å². The lowest BCUT2D eigenvalue weighted by atomic mass is 9.92. The van der Waals surface area contributed by atoms with Crippen molar-refractivity contribution in [3.05, 3.63) is 35.9 Å². The molecular weight excluding hydrogens is 250 g/mol. The smallest absolute Gasteiger partial charge is 0.407 e. The van der Waals surface area contributed by atoms with Crippen LogP contribution in [0.4, 0.5) is 4.79 Å². The van der Waals surface area contributed by atoms with E-state index in [1.54, 1.807) is 0 Å². The summed E-state index contributed by atoms with van der Waals surface area (Å²) in [7, 11) is 0. The van der Waals surface area contributed by atoms with Gasteiger partial charge >= 0.3 is 6.09 Å². The number of alkyl carbamates (subject to hydrolysis) is 1. The minimum Gasteiger partial charge on any atom is -0.445 e. The van der Waals surface area contributed by atoms with Gasteiger partial charge in [-0.3, -0.25) is 0 Å². The molecule has 1 rings (SSSR count). The van der Waals surface area contributed by atoms with Crippen LogP contribution in [0.25, 0.3) is 0 Å². The minimum atomic E-state index is -0.344. The highest BCUT2D eigenvalue weighted by atomic mass is 16.5. The van der Waals surface area contributed by atoms with E-state index in [2.05, 4.69) is 19.2 Å². The Hall–Kier alpha value is -1.51. The molecule has 0 saturated carbocycles. The van der Waals surface area contributed by atoms with E-state index < -0.39 is 0 Å². The lowest BCUT2D eigenvalue weighted by molar-refractivity contribution is 0.127. The maximum atomic E-state index is 11.8. The van der Waals surface area contributed by atoms with E-state index >= 15 is 0 Å². The number of rotatable bonds is 7. The van der Waals surface area contributed by atoms with Crippen molar-refractivity contribution in [3.8, 4) is 0 Å². The lowest BCUT2D eigenvalue weighted by Gasteiger charge is -2.27. The summed E-state index contributed by atoms with van der Waals surface area (Å²) < 4.78 is 5.25. The molecule has 1 unspecified atom stereocenters. The number of hydrogen-bond donors (Lipinski definition) is 1. The number of carbonyl (C=O) groups excluding carboxylic acids is 1. The number of amides is 1. The summed E-state index contributed by atoms with van der Waals surface area (Å²) in [6, 6.07) is 9.71. The molecule has 3 nitrogen and oxygen atoms in total. The molecule has 112 valence electrons. The van der Waals surface area contributed by atoms with Crippen LogP contribution in [-0.2, 0) is 11.3 Å². The minimum absolute atomic E-state index is 0.225. The Balaban J connectivity index is 2.33. The molecule has 0 aliphatic carbocycles. The molecule has 0 saturated heterocycles. The van der Waals surface area contributed by atoms with Crippen molar-refractivity contribution < 1.29 is 9.53 Å². The van der Waals surface area contributed by atoms with Crippen LogP contribution in [0.2, 0.25) is 0 Å². The third-order valence-electron chi connectivity index (χ3n) is 3.61. The van der Waals surface area contributed by atoms with Crippen molar-refractivity contribution in [1.29, 1.82) is 0 Å². The summed E-state index contributed by atoms with van der Waals surface area (Å²) in [6.07, 6.45) is 2.91. The molecule has 1 aromatic rings. The fourth-order valence-electron chi connectivity index (χ4n) is 1.91. The third-order valence-corrected chi connectivity index (χ3v) is 3.61. The van der Waals surface area contributed by atoms with Gasteiger partial charge in [-0.05, 0) is 38.2 Å². The maximum absolute atomic E-state index is 11.8. The Kier molecular flexibility index (Phi) is 6.56.